The van der Waals surface area contributed by atoms with Crippen molar-refractivity contribution >= 4 is 34.5 Å². The number of fused-ring (bicyclic) bond motifs is 6. The number of carbonyl (C=O) groups is 3. The molecule has 1 aliphatic carbocycles. The van der Waals surface area contributed by atoms with E-state index in [1.807, 2.05) is 31.0 Å². The van der Waals surface area contributed by atoms with Crippen LogP contribution in [0.1, 0.15) is 68.8 Å². The molecule has 1 spiro atoms. The fourth-order valence-corrected chi connectivity index (χ4v) is 13.4. The van der Waals surface area contributed by atoms with Crippen molar-refractivity contribution in [1.82, 2.24) is 9.88 Å². The van der Waals surface area contributed by atoms with Gasteiger partial charge in [-0.15, -0.1) is 0 Å². The summed E-state index contributed by atoms with van der Waals surface area (Å²) in [4.78, 5) is 50.8. The topological polar surface area (TPSA) is 131 Å². The van der Waals surface area contributed by atoms with Crippen LogP contribution in [0.3, 0.4) is 0 Å². The van der Waals surface area contributed by atoms with Crippen molar-refractivity contribution in [1.29, 1.82) is 0 Å². The highest BCUT2D eigenvalue weighted by molar-refractivity contribution is 5.95. The summed E-state index contributed by atoms with van der Waals surface area (Å²) in [6, 6.07) is 11.2. The van der Waals surface area contributed by atoms with Crippen molar-refractivity contribution in [2.24, 2.45) is 11.3 Å². The quantitative estimate of drug-likeness (QED) is 0.119. The third kappa shape index (κ3) is 5.38. The molecule has 1 aromatic heterocycles. The molecule has 2 bridgehead atoms. The van der Waals surface area contributed by atoms with Gasteiger partial charge in [-0.3, -0.25) is 14.5 Å². The number of halogens is 1. The molecule has 12 nitrogen and oxygen atoms in total. The molecule has 0 amide bonds. The molecule has 2 N–H and O–H groups in total. The van der Waals surface area contributed by atoms with Gasteiger partial charge in [-0.2, -0.15) is 0 Å². The molecule has 13 heteroatoms. The Labute approximate surface area is 363 Å². The highest BCUT2D eigenvalue weighted by Crippen LogP contribution is 2.68. The summed E-state index contributed by atoms with van der Waals surface area (Å²) in [5.74, 6) is -1.28. The molecule has 2 aromatic carbocycles. The van der Waals surface area contributed by atoms with Crippen LogP contribution in [-0.2, 0) is 46.0 Å². The first kappa shape index (κ1) is 41.8. The second-order valence-corrected chi connectivity index (χ2v) is 18.1. The number of likely N-dealkylation sites (N-methyl/N-ethyl adjacent to an activating group) is 2. The Bertz CT molecular complexity index is 2310. The van der Waals surface area contributed by atoms with Crippen LogP contribution in [0.25, 0.3) is 10.9 Å². The number of benzene rings is 2. The molecule has 6 aliphatic rings. The van der Waals surface area contributed by atoms with E-state index in [9.17, 15) is 14.7 Å². The Morgan fingerprint density at radius 2 is 1.76 bits per heavy atom. The first-order chi connectivity index (χ1) is 27.7. The van der Waals surface area contributed by atoms with Crippen LogP contribution in [-0.4, -0.2) is 123 Å². The van der Waals surface area contributed by atoms with Gasteiger partial charge in [-0.25, -0.2) is 4.79 Å². The van der Waals surface area contributed by atoms with Gasteiger partial charge in [0.25, 0.3) is 0 Å². The Morgan fingerprint density at radius 3 is 2.44 bits per heavy atom. The predicted molar refractivity (Wildman–Crippen MR) is 218 cm³/mol. The molecule has 0 radical (unpaired) electrons. The van der Waals surface area contributed by atoms with Crippen LogP contribution >= 0.6 is 0 Å². The third-order valence-electron chi connectivity index (χ3n) is 15.3. The largest absolute Gasteiger partial charge is 1.00 e. The zero-order chi connectivity index (χ0) is 41.2. The van der Waals surface area contributed by atoms with E-state index < -0.39 is 45.9 Å². The van der Waals surface area contributed by atoms with Crippen molar-refractivity contribution in [2.75, 3.05) is 66.5 Å². The maximum Gasteiger partial charge on any atom is 0.344 e. The van der Waals surface area contributed by atoms with E-state index in [0.717, 1.165) is 63.9 Å². The maximum atomic E-state index is 15.3. The van der Waals surface area contributed by atoms with Gasteiger partial charge in [0.15, 0.2) is 6.10 Å². The lowest BCUT2D eigenvalue weighted by Crippen LogP contribution is -3.00. The number of nitrogens with zero attached hydrogens (tertiary/aromatic N) is 3. The normalized spacial score (nSPS) is 35.2. The highest BCUT2D eigenvalue weighted by atomic mass is 127. The molecule has 316 valence electrons. The second kappa shape index (κ2) is 14.3. The number of para-hydroxylation sites is 1. The lowest BCUT2D eigenvalue weighted by molar-refractivity contribution is -0.922. The molecule has 1 saturated heterocycles. The molecule has 3 aromatic rings. The number of esters is 3. The minimum Gasteiger partial charge on any atom is -1.00 e. The molecule has 59 heavy (non-hydrogen) atoms. The number of anilines is 1. The van der Waals surface area contributed by atoms with Gasteiger partial charge in [0.05, 0.1) is 41.0 Å². The standard InChI is InChI=1S/C46H57N4O8.HI/c1-9-28-20-29-23-45(41(52)56-7,37-31(26-50(5,24-28)25-29)30-14-11-12-15-34(30)47-37)33-21-32-35(22-36(33)55-6)48(4)39-44(32)17-19-49-18-13-16-43(10-2,38(44)49)40(58-27(3)51)46(39,54)42(53)57-8;/h11-16,20-22,29,38-40,47,54H,9-10,17-19,23-26H2,1-8H3;1H/q+1;/p-1/t29-,38-,39+,40+,43+,44+,45-,46-,50?;/m0./s1. The van der Waals surface area contributed by atoms with E-state index in [2.05, 4.69) is 66.3 Å². The van der Waals surface area contributed by atoms with Crippen LogP contribution in [0.15, 0.2) is 60.2 Å². The number of methoxy groups -OCH3 is 3. The Balaban J connectivity index is 0.00000484. The number of H-pyrrole nitrogens is 1. The number of hydrogen-bond acceptors (Lipinski definition) is 10. The molecule has 1 saturated carbocycles. The van der Waals surface area contributed by atoms with Crippen molar-refractivity contribution in [3.8, 4) is 5.75 Å². The van der Waals surface area contributed by atoms with Crippen LogP contribution in [0.2, 0.25) is 0 Å². The van der Waals surface area contributed by atoms with Gasteiger partial charge in [0.1, 0.15) is 24.3 Å². The van der Waals surface area contributed by atoms with Crippen LogP contribution in [0.5, 0.6) is 5.75 Å². The van der Waals surface area contributed by atoms with E-state index in [1.54, 1.807) is 7.11 Å². The highest BCUT2D eigenvalue weighted by Gasteiger charge is 2.80. The van der Waals surface area contributed by atoms with Gasteiger partial charge < -0.3 is 62.4 Å². The van der Waals surface area contributed by atoms with E-state index >= 15 is 4.79 Å². The van der Waals surface area contributed by atoms with Crippen molar-refractivity contribution in [2.45, 2.75) is 87.6 Å². The predicted octanol–water partition coefficient (Wildman–Crippen LogP) is 1.90. The second-order valence-electron chi connectivity index (χ2n) is 18.1. The summed E-state index contributed by atoms with van der Waals surface area (Å²) in [6.45, 7) is 9.43. The van der Waals surface area contributed by atoms with Gasteiger partial charge in [-0.05, 0) is 55.5 Å². The van der Waals surface area contributed by atoms with E-state index in [0.29, 0.717) is 43.7 Å². The number of rotatable bonds is 7. The summed E-state index contributed by atoms with van der Waals surface area (Å²) in [5, 5.41) is 14.4. The average molecular weight is 921 g/mol. The fraction of sp³-hybridized carbons (Fsp3) is 0.543. The van der Waals surface area contributed by atoms with E-state index in [1.165, 1.54) is 26.7 Å². The first-order valence-electron chi connectivity index (χ1n) is 20.8. The van der Waals surface area contributed by atoms with Crippen molar-refractivity contribution in [3.05, 3.63) is 82.6 Å². The number of aromatic nitrogens is 1. The third-order valence-corrected chi connectivity index (χ3v) is 15.3. The number of aliphatic hydroxyl groups is 1. The smallest absolute Gasteiger partial charge is 0.344 e. The Kier molecular flexibility index (Phi) is 10.2. The lowest BCUT2D eigenvalue weighted by atomic mass is 9.47. The molecule has 9 atom stereocenters. The zero-order valence-corrected chi connectivity index (χ0v) is 37.6. The summed E-state index contributed by atoms with van der Waals surface area (Å²) in [5.41, 5.74) is 1.16. The Hall–Kier alpha value is -3.92. The molecule has 9 rings (SSSR count). The van der Waals surface area contributed by atoms with Crippen molar-refractivity contribution < 1.29 is 66.9 Å². The number of hydrogen-bond donors (Lipinski definition) is 2. The minimum absolute atomic E-state index is 0. The molecule has 5 aliphatic heterocycles. The van der Waals surface area contributed by atoms with Crippen molar-refractivity contribution in [3.63, 3.8) is 0 Å². The average Bonchev–Trinajstić information content (AvgIpc) is 3.86. The number of quaternary nitrogens is 1. The summed E-state index contributed by atoms with van der Waals surface area (Å²) in [7, 11) is 8.57. The molecule has 2 fully saturated rings. The summed E-state index contributed by atoms with van der Waals surface area (Å²) >= 11 is 0. The lowest BCUT2D eigenvalue weighted by Gasteiger charge is -2.63. The molecular weight excluding hydrogens is 863 g/mol. The zero-order valence-electron chi connectivity index (χ0n) is 35.4. The van der Waals surface area contributed by atoms with Gasteiger partial charge in [-0.1, -0.05) is 50.3 Å². The van der Waals surface area contributed by atoms with Crippen LogP contribution < -0.4 is 33.6 Å². The van der Waals surface area contributed by atoms with Gasteiger partial charge >= 0.3 is 17.9 Å². The van der Waals surface area contributed by atoms with Crippen LogP contribution in [0.4, 0.5) is 5.69 Å². The maximum absolute atomic E-state index is 15.3. The molecule has 1 unspecified atom stereocenters. The van der Waals surface area contributed by atoms with E-state index in [4.69, 9.17) is 18.9 Å². The number of aromatic amines is 1. The monoisotopic (exact) mass is 920 g/mol. The number of ether oxygens (including phenoxy) is 4. The molecular formula is C46H57IN4O8. The minimum atomic E-state index is -2.28. The molecule has 6 heterocycles. The summed E-state index contributed by atoms with van der Waals surface area (Å²) < 4.78 is 24.8. The van der Waals surface area contributed by atoms with Crippen LogP contribution in [0, 0.1) is 11.3 Å². The van der Waals surface area contributed by atoms with E-state index in [-0.39, 0.29) is 41.9 Å². The number of nitrogens with one attached hydrogen (secondary N) is 1. The van der Waals surface area contributed by atoms with Gasteiger partial charge in [0, 0.05) is 82.8 Å². The van der Waals surface area contributed by atoms with Gasteiger partial charge in [0.2, 0.25) is 5.60 Å². The summed E-state index contributed by atoms with van der Waals surface area (Å²) in [6.07, 6.45) is 7.73. The fourth-order valence-electron chi connectivity index (χ4n) is 13.4. The Morgan fingerprint density at radius 1 is 1.02 bits per heavy atom. The number of carbonyl (C=O) groups excluding carboxylic acids is 3. The SMILES string of the molecule is CCC1=C[C@H]2C[C@](C(=O)OC)(c3cc4c(cc3OC)N(C)[C@H]3[C@@](O)(C(=O)OC)[C@H](OC(C)=O)[C@]5(CC)C=CCN6CC[C@]43[C@@H]65)c3[nH]c4ccccc4c3C[N+](C)(C1)C2.[I-]. The first-order valence-corrected chi connectivity index (χ1v) is 20.8.